The standard InChI is InChI=1S/C16H23FN2O/c1-12(2)19-10-8-13(9-11-19)18(3)16(20)14-6-4-5-7-15(14)17/h4-7,12-13H,8-11H2,1-3H3. The largest absolute Gasteiger partial charge is 0.339 e. The zero-order valence-electron chi connectivity index (χ0n) is 12.5. The number of hydrogen-bond acceptors (Lipinski definition) is 2. The van der Waals surface area contributed by atoms with Gasteiger partial charge in [0.2, 0.25) is 0 Å². The molecule has 0 spiro atoms. The van der Waals surface area contributed by atoms with Crippen molar-refractivity contribution in [1.82, 2.24) is 9.80 Å². The van der Waals surface area contributed by atoms with Gasteiger partial charge in [0.25, 0.3) is 5.91 Å². The molecule has 0 saturated carbocycles. The Morgan fingerprint density at radius 2 is 1.90 bits per heavy atom. The first-order valence-corrected chi connectivity index (χ1v) is 7.26. The lowest BCUT2D eigenvalue weighted by atomic mass is 10.0. The number of amides is 1. The Balaban J connectivity index is 2.00. The molecule has 0 N–H and O–H groups in total. The Hall–Kier alpha value is -1.42. The summed E-state index contributed by atoms with van der Waals surface area (Å²) in [6.07, 6.45) is 1.91. The molecule has 1 heterocycles. The summed E-state index contributed by atoms with van der Waals surface area (Å²) < 4.78 is 13.7. The van der Waals surface area contributed by atoms with Gasteiger partial charge in [-0.05, 0) is 38.8 Å². The van der Waals surface area contributed by atoms with E-state index in [4.69, 9.17) is 0 Å². The van der Waals surface area contributed by atoms with Crippen LogP contribution >= 0.6 is 0 Å². The number of nitrogens with zero attached hydrogens (tertiary/aromatic N) is 2. The number of piperidine rings is 1. The Labute approximate surface area is 120 Å². The van der Waals surface area contributed by atoms with Gasteiger partial charge in [0.05, 0.1) is 5.56 Å². The molecule has 3 nitrogen and oxygen atoms in total. The summed E-state index contributed by atoms with van der Waals surface area (Å²) in [5.74, 6) is -0.657. The smallest absolute Gasteiger partial charge is 0.256 e. The first-order valence-electron chi connectivity index (χ1n) is 7.26. The van der Waals surface area contributed by atoms with Crippen LogP contribution in [0.5, 0.6) is 0 Å². The predicted octanol–water partition coefficient (Wildman–Crippen LogP) is 2.77. The summed E-state index contributed by atoms with van der Waals surface area (Å²) in [5.41, 5.74) is 0.168. The molecule has 0 aliphatic carbocycles. The number of carbonyl (C=O) groups excluding carboxylic acids is 1. The van der Waals surface area contributed by atoms with Crippen molar-refractivity contribution in [2.24, 2.45) is 0 Å². The van der Waals surface area contributed by atoms with Crippen LogP contribution in [-0.4, -0.2) is 47.9 Å². The molecule has 1 amide bonds. The summed E-state index contributed by atoms with van der Waals surface area (Å²) in [6, 6.07) is 6.94. The van der Waals surface area contributed by atoms with E-state index in [-0.39, 0.29) is 17.5 Å². The van der Waals surface area contributed by atoms with Crippen LogP contribution in [0.25, 0.3) is 0 Å². The minimum atomic E-state index is -0.441. The minimum absolute atomic E-state index is 0.168. The summed E-state index contributed by atoms with van der Waals surface area (Å²) in [4.78, 5) is 16.5. The van der Waals surface area contributed by atoms with Crippen molar-refractivity contribution < 1.29 is 9.18 Å². The molecule has 1 aliphatic rings. The van der Waals surface area contributed by atoms with Gasteiger partial charge >= 0.3 is 0 Å². The zero-order chi connectivity index (χ0) is 14.7. The summed E-state index contributed by atoms with van der Waals surface area (Å²) in [5, 5.41) is 0. The van der Waals surface area contributed by atoms with Gasteiger partial charge in [0.1, 0.15) is 5.82 Å². The second kappa shape index (κ2) is 6.35. The molecule has 2 rings (SSSR count). The molecule has 1 saturated heterocycles. The maximum Gasteiger partial charge on any atom is 0.256 e. The van der Waals surface area contributed by atoms with Crippen molar-refractivity contribution in [3.8, 4) is 0 Å². The lowest BCUT2D eigenvalue weighted by Gasteiger charge is -2.38. The zero-order valence-corrected chi connectivity index (χ0v) is 12.5. The van der Waals surface area contributed by atoms with E-state index in [9.17, 15) is 9.18 Å². The second-order valence-corrected chi connectivity index (χ2v) is 5.76. The van der Waals surface area contributed by atoms with Crippen LogP contribution in [0.1, 0.15) is 37.0 Å². The highest BCUT2D eigenvalue weighted by molar-refractivity contribution is 5.94. The molecule has 0 radical (unpaired) electrons. The topological polar surface area (TPSA) is 23.6 Å². The van der Waals surface area contributed by atoms with Crippen LogP contribution in [0.3, 0.4) is 0 Å². The number of carbonyl (C=O) groups is 1. The number of halogens is 1. The molecule has 0 unspecified atom stereocenters. The van der Waals surface area contributed by atoms with E-state index >= 15 is 0 Å². The van der Waals surface area contributed by atoms with Gasteiger partial charge in [-0.3, -0.25) is 4.79 Å². The Bertz CT molecular complexity index is 467. The van der Waals surface area contributed by atoms with Gasteiger partial charge < -0.3 is 9.80 Å². The van der Waals surface area contributed by atoms with Gasteiger partial charge in [-0.15, -0.1) is 0 Å². The molecule has 0 atom stereocenters. The van der Waals surface area contributed by atoms with Crippen LogP contribution in [0.4, 0.5) is 4.39 Å². The van der Waals surface area contributed by atoms with Gasteiger partial charge in [0, 0.05) is 32.2 Å². The average Bonchev–Trinajstić information content (AvgIpc) is 2.46. The van der Waals surface area contributed by atoms with Crippen molar-refractivity contribution in [2.75, 3.05) is 20.1 Å². The van der Waals surface area contributed by atoms with Crippen molar-refractivity contribution in [2.45, 2.75) is 38.8 Å². The molecule has 110 valence electrons. The molecule has 4 heteroatoms. The van der Waals surface area contributed by atoms with Gasteiger partial charge in [-0.1, -0.05) is 12.1 Å². The first-order chi connectivity index (χ1) is 9.50. The lowest BCUT2D eigenvalue weighted by Crippen LogP contribution is -2.47. The fourth-order valence-corrected chi connectivity index (χ4v) is 2.78. The second-order valence-electron chi connectivity index (χ2n) is 5.76. The van der Waals surface area contributed by atoms with Crippen molar-refractivity contribution in [3.05, 3.63) is 35.6 Å². The van der Waals surface area contributed by atoms with Crippen LogP contribution < -0.4 is 0 Å². The molecule has 1 fully saturated rings. The normalized spacial score (nSPS) is 17.4. The SMILES string of the molecule is CC(C)N1CCC(N(C)C(=O)c2ccccc2F)CC1. The number of benzene rings is 1. The summed E-state index contributed by atoms with van der Waals surface area (Å²) in [6.45, 7) is 6.37. The first kappa shape index (κ1) is 15.0. The van der Waals surface area contributed by atoms with E-state index in [1.807, 2.05) is 0 Å². The van der Waals surface area contributed by atoms with Gasteiger partial charge in [-0.2, -0.15) is 0 Å². The fourth-order valence-electron chi connectivity index (χ4n) is 2.78. The third-order valence-corrected chi connectivity index (χ3v) is 4.20. The van der Waals surface area contributed by atoms with E-state index in [2.05, 4.69) is 18.7 Å². The highest BCUT2D eigenvalue weighted by Gasteiger charge is 2.27. The van der Waals surface area contributed by atoms with E-state index in [1.54, 1.807) is 30.1 Å². The average molecular weight is 278 g/mol. The number of rotatable bonds is 3. The van der Waals surface area contributed by atoms with Gasteiger partial charge in [-0.25, -0.2) is 4.39 Å². The maximum atomic E-state index is 13.7. The van der Waals surface area contributed by atoms with Crippen LogP contribution in [-0.2, 0) is 0 Å². The Morgan fingerprint density at radius 1 is 1.30 bits per heavy atom. The molecular weight excluding hydrogens is 255 g/mol. The molecular formula is C16H23FN2O. The Morgan fingerprint density at radius 3 is 2.45 bits per heavy atom. The van der Waals surface area contributed by atoms with E-state index in [1.165, 1.54) is 6.07 Å². The molecule has 0 aromatic heterocycles. The highest BCUT2D eigenvalue weighted by atomic mass is 19.1. The van der Waals surface area contributed by atoms with Crippen molar-refractivity contribution in [1.29, 1.82) is 0 Å². The number of likely N-dealkylation sites (tertiary alicyclic amines) is 1. The van der Waals surface area contributed by atoms with Crippen LogP contribution in [0.15, 0.2) is 24.3 Å². The van der Waals surface area contributed by atoms with Gasteiger partial charge in [0.15, 0.2) is 0 Å². The Kier molecular flexibility index (Phi) is 4.76. The van der Waals surface area contributed by atoms with Crippen molar-refractivity contribution >= 4 is 5.91 Å². The van der Waals surface area contributed by atoms with Crippen LogP contribution in [0, 0.1) is 5.82 Å². The fraction of sp³-hybridized carbons (Fsp3) is 0.562. The van der Waals surface area contributed by atoms with E-state index < -0.39 is 5.82 Å². The maximum absolute atomic E-state index is 13.7. The third kappa shape index (κ3) is 3.18. The van der Waals surface area contributed by atoms with Crippen LogP contribution in [0.2, 0.25) is 0 Å². The molecule has 1 aromatic rings. The quantitative estimate of drug-likeness (QED) is 0.849. The predicted molar refractivity (Wildman–Crippen MR) is 78.2 cm³/mol. The molecule has 20 heavy (non-hydrogen) atoms. The van der Waals surface area contributed by atoms with Crippen molar-refractivity contribution in [3.63, 3.8) is 0 Å². The third-order valence-electron chi connectivity index (χ3n) is 4.20. The molecule has 1 aliphatic heterocycles. The monoisotopic (exact) mass is 278 g/mol. The highest BCUT2D eigenvalue weighted by Crippen LogP contribution is 2.19. The van der Waals surface area contributed by atoms with E-state index in [0.29, 0.717) is 6.04 Å². The lowest BCUT2D eigenvalue weighted by molar-refractivity contribution is 0.0611. The number of hydrogen-bond donors (Lipinski definition) is 0. The summed E-state index contributed by atoms with van der Waals surface area (Å²) >= 11 is 0. The minimum Gasteiger partial charge on any atom is -0.339 e. The molecule has 0 bridgehead atoms. The summed E-state index contributed by atoms with van der Waals surface area (Å²) in [7, 11) is 1.78. The van der Waals surface area contributed by atoms with E-state index in [0.717, 1.165) is 25.9 Å². The molecule has 1 aromatic carbocycles.